The highest BCUT2D eigenvalue weighted by molar-refractivity contribution is 5.91. The molecule has 0 bridgehead atoms. The van der Waals surface area contributed by atoms with E-state index in [1.54, 1.807) is 18.5 Å². The fourth-order valence-corrected chi connectivity index (χ4v) is 1.76. The summed E-state index contributed by atoms with van der Waals surface area (Å²) in [5, 5.41) is 2.81. The van der Waals surface area contributed by atoms with Crippen molar-refractivity contribution in [3.8, 4) is 5.75 Å². The first-order valence-electron chi connectivity index (χ1n) is 6.85. The molecule has 1 N–H and O–H groups in total. The maximum Gasteiger partial charge on any atom is 0.244 e. The lowest BCUT2D eigenvalue weighted by Crippen LogP contribution is -2.20. The van der Waals surface area contributed by atoms with Crippen molar-refractivity contribution in [2.45, 2.75) is 13.5 Å². The predicted molar refractivity (Wildman–Crippen MR) is 82.7 cm³/mol. The highest BCUT2D eigenvalue weighted by atomic mass is 16.5. The van der Waals surface area contributed by atoms with E-state index < -0.39 is 0 Å². The third-order valence-electron chi connectivity index (χ3n) is 2.81. The largest absolute Gasteiger partial charge is 0.494 e. The summed E-state index contributed by atoms with van der Waals surface area (Å²) < 4.78 is 5.36. The number of amides is 1. The molecule has 1 amide bonds. The SMILES string of the molecule is CCOc1ccc(/C=C/C(=O)NCc2cccnc2)cc1. The van der Waals surface area contributed by atoms with Gasteiger partial charge in [0, 0.05) is 25.0 Å². The van der Waals surface area contributed by atoms with Crippen LogP contribution in [-0.2, 0) is 11.3 Å². The van der Waals surface area contributed by atoms with Gasteiger partial charge in [0.25, 0.3) is 0 Å². The topological polar surface area (TPSA) is 51.2 Å². The third-order valence-corrected chi connectivity index (χ3v) is 2.81. The molecule has 2 aromatic rings. The van der Waals surface area contributed by atoms with Crippen LogP contribution in [0, 0.1) is 0 Å². The van der Waals surface area contributed by atoms with Crippen molar-refractivity contribution in [2.24, 2.45) is 0 Å². The lowest BCUT2D eigenvalue weighted by molar-refractivity contribution is -0.116. The predicted octanol–water partition coefficient (Wildman–Crippen LogP) is 2.81. The molecular weight excluding hydrogens is 264 g/mol. The van der Waals surface area contributed by atoms with Gasteiger partial charge in [-0.1, -0.05) is 18.2 Å². The van der Waals surface area contributed by atoms with Crippen LogP contribution in [0.5, 0.6) is 5.75 Å². The first kappa shape index (κ1) is 14.8. The maximum atomic E-state index is 11.7. The van der Waals surface area contributed by atoms with Crippen molar-refractivity contribution in [3.63, 3.8) is 0 Å². The smallest absolute Gasteiger partial charge is 0.244 e. The number of rotatable bonds is 6. The van der Waals surface area contributed by atoms with Gasteiger partial charge >= 0.3 is 0 Å². The first-order valence-corrected chi connectivity index (χ1v) is 6.85. The summed E-state index contributed by atoms with van der Waals surface area (Å²) in [5.74, 6) is 0.698. The molecule has 0 fully saturated rings. The number of nitrogens with one attached hydrogen (secondary N) is 1. The Morgan fingerprint density at radius 3 is 2.76 bits per heavy atom. The molecule has 0 saturated carbocycles. The van der Waals surface area contributed by atoms with Crippen molar-refractivity contribution in [3.05, 3.63) is 66.0 Å². The second-order valence-electron chi connectivity index (χ2n) is 4.41. The minimum atomic E-state index is -0.132. The number of pyridine rings is 1. The fraction of sp³-hybridized carbons (Fsp3) is 0.176. The molecule has 0 saturated heterocycles. The van der Waals surface area contributed by atoms with Crippen molar-refractivity contribution < 1.29 is 9.53 Å². The number of benzene rings is 1. The minimum Gasteiger partial charge on any atom is -0.494 e. The summed E-state index contributed by atoms with van der Waals surface area (Å²) in [6, 6.07) is 11.4. The van der Waals surface area contributed by atoms with E-state index in [9.17, 15) is 4.79 Å². The van der Waals surface area contributed by atoms with Gasteiger partial charge in [0.1, 0.15) is 5.75 Å². The van der Waals surface area contributed by atoms with Gasteiger partial charge in [-0.15, -0.1) is 0 Å². The Hall–Kier alpha value is -2.62. The van der Waals surface area contributed by atoms with Crippen LogP contribution in [0.15, 0.2) is 54.9 Å². The zero-order valence-electron chi connectivity index (χ0n) is 12.0. The number of carbonyl (C=O) groups is 1. The van der Waals surface area contributed by atoms with Gasteiger partial charge in [0.05, 0.1) is 6.61 Å². The Kier molecular flexibility index (Phi) is 5.52. The molecular formula is C17H18N2O2. The van der Waals surface area contributed by atoms with E-state index >= 15 is 0 Å². The third kappa shape index (κ3) is 5.10. The second-order valence-corrected chi connectivity index (χ2v) is 4.41. The molecule has 1 heterocycles. The van der Waals surface area contributed by atoms with Crippen LogP contribution in [0.4, 0.5) is 0 Å². The minimum absolute atomic E-state index is 0.132. The molecule has 21 heavy (non-hydrogen) atoms. The lowest BCUT2D eigenvalue weighted by atomic mass is 10.2. The zero-order chi connectivity index (χ0) is 14.9. The van der Waals surface area contributed by atoms with E-state index in [1.807, 2.05) is 43.3 Å². The van der Waals surface area contributed by atoms with Gasteiger partial charge in [-0.3, -0.25) is 9.78 Å². The summed E-state index contributed by atoms with van der Waals surface area (Å²) in [6.45, 7) is 3.06. The standard InChI is InChI=1S/C17H18N2O2/c1-2-21-16-8-5-14(6-9-16)7-10-17(20)19-13-15-4-3-11-18-12-15/h3-12H,2,13H2,1H3,(H,19,20)/b10-7+. The summed E-state index contributed by atoms with van der Waals surface area (Å²) >= 11 is 0. The molecule has 2 rings (SSSR count). The van der Waals surface area contributed by atoms with E-state index in [4.69, 9.17) is 4.74 Å². The van der Waals surface area contributed by atoms with Gasteiger partial charge in [-0.05, 0) is 42.3 Å². The average molecular weight is 282 g/mol. The molecule has 0 aliphatic heterocycles. The molecule has 0 aliphatic carbocycles. The van der Waals surface area contributed by atoms with E-state index in [1.165, 1.54) is 6.08 Å². The molecule has 0 spiro atoms. The van der Waals surface area contributed by atoms with Crippen LogP contribution in [0.2, 0.25) is 0 Å². The van der Waals surface area contributed by atoms with Gasteiger partial charge in [0.2, 0.25) is 5.91 Å². The maximum absolute atomic E-state index is 11.7. The number of hydrogen-bond acceptors (Lipinski definition) is 3. The van der Waals surface area contributed by atoms with Crippen LogP contribution >= 0.6 is 0 Å². The van der Waals surface area contributed by atoms with E-state index in [-0.39, 0.29) is 5.91 Å². The van der Waals surface area contributed by atoms with Gasteiger partial charge in [-0.25, -0.2) is 0 Å². The molecule has 0 radical (unpaired) electrons. The molecule has 108 valence electrons. The average Bonchev–Trinajstić information content (AvgIpc) is 2.53. The van der Waals surface area contributed by atoms with Crippen molar-refractivity contribution in [1.82, 2.24) is 10.3 Å². The molecule has 0 aliphatic rings. The van der Waals surface area contributed by atoms with Crippen LogP contribution in [0.3, 0.4) is 0 Å². The highest BCUT2D eigenvalue weighted by Crippen LogP contribution is 2.12. The number of hydrogen-bond donors (Lipinski definition) is 1. The Morgan fingerprint density at radius 1 is 1.29 bits per heavy atom. The van der Waals surface area contributed by atoms with Crippen LogP contribution < -0.4 is 10.1 Å². The highest BCUT2D eigenvalue weighted by Gasteiger charge is 1.97. The number of ether oxygens (including phenoxy) is 1. The number of carbonyl (C=O) groups excluding carboxylic acids is 1. The monoisotopic (exact) mass is 282 g/mol. The number of aromatic nitrogens is 1. The molecule has 0 atom stereocenters. The number of nitrogens with zero attached hydrogens (tertiary/aromatic N) is 1. The zero-order valence-corrected chi connectivity index (χ0v) is 12.0. The fourth-order valence-electron chi connectivity index (χ4n) is 1.76. The Morgan fingerprint density at radius 2 is 2.10 bits per heavy atom. The Labute approximate surface area is 124 Å². The molecule has 1 aromatic heterocycles. The Balaban J connectivity index is 1.84. The quantitative estimate of drug-likeness (QED) is 0.829. The van der Waals surface area contributed by atoms with Gasteiger partial charge in [-0.2, -0.15) is 0 Å². The van der Waals surface area contributed by atoms with E-state index in [0.29, 0.717) is 13.2 Å². The summed E-state index contributed by atoms with van der Waals surface area (Å²) in [7, 11) is 0. The van der Waals surface area contributed by atoms with Crippen molar-refractivity contribution >= 4 is 12.0 Å². The summed E-state index contributed by atoms with van der Waals surface area (Å²) in [4.78, 5) is 15.7. The Bertz CT molecular complexity index is 592. The molecule has 4 heteroatoms. The van der Waals surface area contributed by atoms with Crippen molar-refractivity contribution in [1.29, 1.82) is 0 Å². The van der Waals surface area contributed by atoms with Crippen LogP contribution in [0.25, 0.3) is 6.08 Å². The van der Waals surface area contributed by atoms with E-state index in [2.05, 4.69) is 10.3 Å². The molecule has 1 aromatic carbocycles. The van der Waals surface area contributed by atoms with E-state index in [0.717, 1.165) is 16.9 Å². The van der Waals surface area contributed by atoms with Gasteiger partial charge < -0.3 is 10.1 Å². The molecule has 4 nitrogen and oxygen atoms in total. The summed E-state index contributed by atoms with van der Waals surface area (Å²) in [6.07, 6.45) is 6.73. The van der Waals surface area contributed by atoms with Crippen LogP contribution in [0.1, 0.15) is 18.1 Å². The van der Waals surface area contributed by atoms with Crippen molar-refractivity contribution in [2.75, 3.05) is 6.61 Å². The normalized spacial score (nSPS) is 10.5. The first-order chi connectivity index (χ1) is 10.3. The summed E-state index contributed by atoms with van der Waals surface area (Å²) in [5.41, 5.74) is 1.93. The second kappa shape index (κ2) is 7.85. The molecule has 0 unspecified atom stereocenters. The van der Waals surface area contributed by atoms with Crippen LogP contribution in [-0.4, -0.2) is 17.5 Å². The van der Waals surface area contributed by atoms with Gasteiger partial charge in [0.15, 0.2) is 0 Å². The lowest BCUT2D eigenvalue weighted by Gasteiger charge is -2.03.